The Morgan fingerprint density at radius 3 is 2.92 bits per heavy atom. The molecule has 0 saturated heterocycles. The summed E-state index contributed by atoms with van der Waals surface area (Å²) in [6, 6.07) is -0.115. The summed E-state index contributed by atoms with van der Waals surface area (Å²) in [5, 5.41) is 3.21. The Labute approximate surface area is 82.3 Å². The van der Waals surface area contributed by atoms with E-state index < -0.39 is 0 Å². The van der Waals surface area contributed by atoms with Crippen LogP contribution in [0.15, 0.2) is 17.3 Å². The third-order valence-electron chi connectivity index (χ3n) is 4.15. The average Bonchev–Trinajstić information content (AvgIpc) is 2.71. The molecular formula is C10H12ClNO. The molecule has 0 heterocycles. The van der Waals surface area contributed by atoms with Crippen LogP contribution < -0.4 is 0 Å². The fraction of sp³-hybridized carbons (Fsp3) is 0.800. The standard InChI is InChI=1S/C10H12ClNO/c11-9-7-4-8(10(9)12-13)6-3-1-2-5(6)7/h1,3,5-10H,2,4H2/t5-,6+,7-,8-,9+,10-/m0/s1. The number of fused-ring (bicyclic) bond motifs is 5. The summed E-state index contributed by atoms with van der Waals surface area (Å²) < 4.78 is 0. The van der Waals surface area contributed by atoms with Gasteiger partial charge in [-0.2, -0.15) is 4.91 Å². The Bertz CT molecular complexity index is 276. The summed E-state index contributed by atoms with van der Waals surface area (Å²) >= 11 is 6.22. The van der Waals surface area contributed by atoms with Gasteiger partial charge in [0.1, 0.15) is 6.04 Å². The minimum absolute atomic E-state index is 0.0173. The molecule has 13 heavy (non-hydrogen) atoms. The molecule has 0 aromatic heterocycles. The van der Waals surface area contributed by atoms with Crippen LogP contribution in [0.1, 0.15) is 12.8 Å². The lowest BCUT2D eigenvalue weighted by molar-refractivity contribution is 0.263. The zero-order valence-corrected chi connectivity index (χ0v) is 8.02. The predicted molar refractivity (Wildman–Crippen MR) is 51.6 cm³/mol. The van der Waals surface area contributed by atoms with Crippen molar-refractivity contribution in [1.29, 1.82) is 0 Å². The number of rotatable bonds is 1. The van der Waals surface area contributed by atoms with Gasteiger partial charge >= 0.3 is 0 Å². The van der Waals surface area contributed by atoms with Gasteiger partial charge in [-0.25, -0.2) is 0 Å². The molecule has 0 aromatic carbocycles. The van der Waals surface area contributed by atoms with Gasteiger partial charge in [0, 0.05) is 0 Å². The Morgan fingerprint density at radius 1 is 1.31 bits per heavy atom. The number of nitrogens with zero attached hydrogens (tertiary/aromatic N) is 1. The maximum absolute atomic E-state index is 10.6. The molecule has 0 N–H and O–H groups in total. The van der Waals surface area contributed by atoms with Crippen molar-refractivity contribution < 1.29 is 0 Å². The topological polar surface area (TPSA) is 29.4 Å². The lowest BCUT2D eigenvalue weighted by atomic mass is 9.79. The van der Waals surface area contributed by atoms with Crippen molar-refractivity contribution in [3.8, 4) is 0 Å². The molecule has 2 saturated carbocycles. The van der Waals surface area contributed by atoms with E-state index in [4.69, 9.17) is 11.6 Å². The molecule has 3 aliphatic carbocycles. The molecule has 0 unspecified atom stereocenters. The summed E-state index contributed by atoms with van der Waals surface area (Å²) in [5.41, 5.74) is 0. The number of halogens is 1. The van der Waals surface area contributed by atoms with Gasteiger partial charge in [0.25, 0.3) is 0 Å². The molecule has 70 valence electrons. The van der Waals surface area contributed by atoms with E-state index in [0.29, 0.717) is 17.8 Å². The normalized spacial score (nSPS) is 57.0. The van der Waals surface area contributed by atoms with Crippen molar-refractivity contribution in [3.05, 3.63) is 17.1 Å². The highest BCUT2D eigenvalue weighted by molar-refractivity contribution is 6.21. The summed E-state index contributed by atoms with van der Waals surface area (Å²) in [4.78, 5) is 10.6. The van der Waals surface area contributed by atoms with E-state index in [-0.39, 0.29) is 11.4 Å². The van der Waals surface area contributed by atoms with Crippen molar-refractivity contribution in [2.75, 3.05) is 0 Å². The van der Waals surface area contributed by atoms with Crippen molar-refractivity contribution in [2.45, 2.75) is 24.3 Å². The minimum atomic E-state index is -0.115. The zero-order chi connectivity index (χ0) is 9.00. The van der Waals surface area contributed by atoms with Gasteiger partial charge < -0.3 is 0 Å². The van der Waals surface area contributed by atoms with Crippen LogP contribution in [0.4, 0.5) is 0 Å². The Kier molecular flexibility index (Phi) is 1.58. The fourth-order valence-corrected chi connectivity index (χ4v) is 4.14. The van der Waals surface area contributed by atoms with Gasteiger partial charge in [0.2, 0.25) is 0 Å². The van der Waals surface area contributed by atoms with Crippen LogP contribution in [-0.4, -0.2) is 11.4 Å². The highest BCUT2D eigenvalue weighted by Gasteiger charge is 2.58. The van der Waals surface area contributed by atoms with Gasteiger partial charge in [-0.1, -0.05) is 17.3 Å². The first-order valence-corrected chi connectivity index (χ1v) is 5.40. The molecule has 2 bridgehead atoms. The molecule has 3 rings (SSSR count). The first-order chi connectivity index (χ1) is 6.33. The maximum atomic E-state index is 10.6. The van der Waals surface area contributed by atoms with Crippen LogP contribution in [0, 0.1) is 28.6 Å². The highest BCUT2D eigenvalue weighted by atomic mass is 35.5. The molecule has 2 fully saturated rings. The Balaban J connectivity index is 1.94. The molecule has 0 aromatic rings. The second-order valence-corrected chi connectivity index (χ2v) is 5.01. The highest BCUT2D eigenvalue weighted by Crippen LogP contribution is 2.58. The van der Waals surface area contributed by atoms with E-state index in [9.17, 15) is 4.91 Å². The molecular weight excluding hydrogens is 186 g/mol. The van der Waals surface area contributed by atoms with Crippen molar-refractivity contribution >= 4 is 11.6 Å². The van der Waals surface area contributed by atoms with Crippen molar-refractivity contribution in [2.24, 2.45) is 28.8 Å². The first-order valence-electron chi connectivity index (χ1n) is 4.96. The van der Waals surface area contributed by atoms with Crippen LogP contribution in [0.25, 0.3) is 0 Å². The van der Waals surface area contributed by atoms with Crippen LogP contribution >= 0.6 is 11.6 Å². The summed E-state index contributed by atoms with van der Waals surface area (Å²) in [7, 11) is 0. The second kappa shape index (κ2) is 2.57. The molecule has 0 aliphatic heterocycles. The number of allylic oxidation sites excluding steroid dienone is 2. The number of nitroso groups, excluding NO2 is 1. The molecule has 0 spiro atoms. The third kappa shape index (κ3) is 0.850. The minimum Gasteiger partial charge on any atom is -0.150 e. The number of hydrogen-bond donors (Lipinski definition) is 0. The summed E-state index contributed by atoms with van der Waals surface area (Å²) in [5.74, 6) is 2.34. The maximum Gasteiger partial charge on any atom is 0.112 e. The Morgan fingerprint density at radius 2 is 2.15 bits per heavy atom. The third-order valence-corrected chi connectivity index (χ3v) is 4.73. The van der Waals surface area contributed by atoms with E-state index in [1.165, 1.54) is 6.42 Å². The van der Waals surface area contributed by atoms with Gasteiger partial charge in [-0.15, -0.1) is 11.6 Å². The molecule has 6 atom stereocenters. The largest absolute Gasteiger partial charge is 0.150 e. The first kappa shape index (κ1) is 7.98. The van der Waals surface area contributed by atoms with Gasteiger partial charge in [-0.05, 0) is 36.5 Å². The van der Waals surface area contributed by atoms with Crippen molar-refractivity contribution in [3.63, 3.8) is 0 Å². The monoisotopic (exact) mass is 197 g/mol. The van der Waals surface area contributed by atoms with E-state index in [1.54, 1.807) is 0 Å². The van der Waals surface area contributed by atoms with Crippen LogP contribution in [-0.2, 0) is 0 Å². The van der Waals surface area contributed by atoms with Gasteiger partial charge in [0.05, 0.1) is 5.38 Å². The average molecular weight is 198 g/mol. The van der Waals surface area contributed by atoms with Crippen LogP contribution in [0.3, 0.4) is 0 Å². The summed E-state index contributed by atoms with van der Waals surface area (Å²) in [6.07, 6.45) is 6.81. The molecule has 0 amide bonds. The zero-order valence-electron chi connectivity index (χ0n) is 7.27. The summed E-state index contributed by atoms with van der Waals surface area (Å²) in [6.45, 7) is 0. The molecule has 2 nitrogen and oxygen atoms in total. The molecule has 3 heteroatoms. The number of hydrogen-bond acceptors (Lipinski definition) is 2. The molecule has 0 radical (unpaired) electrons. The van der Waals surface area contributed by atoms with Crippen LogP contribution in [0.5, 0.6) is 0 Å². The van der Waals surface area contributed by atoms with E-state index in [2.05, 4.69) is 17.3 Å². The van der Waals surface area contributed by atoms with Gasteiger partial charge in [-0.3, -0.25) is 0 Å². The Hall–Kier alpha value is -0.370. The fourth-order valence-electron chi connectivity index (χ4n) is 3.62. The number of alkyl halides is 1. The van der Waals surface area contributed by atoms with Crippen molar-refractivity contribution in [1.82, 2.24) is 0 Å². The van der Waals surface area contributed by atoms with Gasteiger partial charge in [0.15, 0.2) is 0 Å². The van der Waals surface area contributed by atoms with E-state index >= 15 is 0 Å². The smallest absolute Gasteiger partial charge is 0.112 e. The quantitative estimate of drug-likeness (QED) is 0.361. The van der Waals surface area contributed by atoms with E-state index in [0.717, 1.165) is 12.3 Å². The van der Waals surface area contributed by atoms with Crippen LogP contribution in [0.2, 0.25) is 0 Å². The SMILES string of the molecule is O=N[C@@H]1[C@H](Cl)[C@H]2C[C@H]1[C@@H]1C=CC[C@@H]12. The predicted octanol–water partition coefficient (Wildman–Crippen LogP) is 2.57. The lowest BCUT2D eigenvalue weighted by Crippen LogP contribution is -2.35. The second-order valence-electron chi connectivity index (χ2n) is 4.51. The van der Waals surface area contributed by atoms with E-state index in [1.807, 2.05) is 0 Å². The molecule has 3 aliphatic rings. The lowest BCUT2D eigenvalue weighted by Gasteiger charge is -2.30.